The average molecular weight is 387 g/mol. The summed E-state index contributed by atoms with van der Waals surface area (Å²) in [6, 6.07) is 2.06. The van der Waals surface area contributed by atoms with E-state index in [4.69, 9.17) is 0 Å². The summed E-state index contributed by atoms with van der Waals surface area (Å²) in [6.45, 7) is 4.11. The van der Waals surface area contributed by atoms with Gasteiger partial charge < -0.3 is 9.80 Å². The lowest BCUT2D eigenvalue weighted by Crippen LogP contribution is -2.43. The number of nitrogens with zero attached hydrogens (tertiary/aromatic N) is 2. The quantitative estimate of drug-likeness (QED) is 0.776. The second kappa shape index (κ2) is 8.11. The Balaban J connectivity index is 1.82. The number of amides is 2. The normalized spacial score (nSPS) is 15.9. The van der Waals surface area contributed by atoms with Gasteiger partial charge in [-0.15, -0.1) is 11.3 Å². The summed E-state index contributed by atoms with van der Waals surface area (Å²) >= 11 is 5.10. The minimum absolute atomic E-state index is 0.0547. The van der Waals surface area contributed by atoms with E-state index in [1.54, 1.807) is 11.3 Å². The van der Waals surface area contributed by atoms with Crippen molar-refractivity contribution in [1.82, 2.24) is 9.80 Å². The Hall–Kier alpha value is -0.880. The monoisotopic (exact) mass is 386 g/mol. The summed E-state index contributed by atoms with van der Waals surface area (Å²) in [6.07, 6.45) is 3.07. The van der Waals surface area contributed by atoms with Crippen molar-refractivity contribution in [2.45, 2.75) is 39.2 Å². The molecule has 0 N–H and O–H groups in total. The molecule has 1 aliphatic heterocycles. The van der Waals surface area contributed by atoms with Crippen molar-refractivity contribution in [2.24, 2.45) is 5.92 Å². The fourth-order valence-electron chi connectivity index (χ4n) is 2.81. The van der Waals surface area contributed by atoms with Gasteiger partial charge in [0.1, 0.15) is 0 Å². The lowest BCUT2D eigenvalue weighted by molar-refractivity contribution is -0.140. The number of likely N-dealkylation sites (tertiary alicyclic amines) is 1. The van der Waals surface area contributed by atoms with Crippen LogP contribution in [-0.2, 0) is 16.1 Å². The minimum Gasteiger partial charge on any atom is -0.343 e. The Morgan fingerprint density at radius 3 is 2.64 bits per heavy atom. The highest BCUT2D eigenvalue weighted by atomic mass is 79.9. The molecule has 0 saturated carbocycles. The number of halogens is 1. The summed E-state index contributed by atoms with van der Waals surface area (Å²) in [5.74, 6) is 0.483. The molecule has 22 heavy (non-hydrogen) atoms. The zero-order chi connectivity index (χ0) is 16.1. The summed E-state index contributed by atoms with van der Waals surface area (Å²) in [5, 5.41) is 2.03. The van der Waals surface area contributed by atoms with Gasteiger partial charge in [-0.2, -0.15) is 0 Å². The van der Waals surface area contributed by atoms with Gasteiger partial charge in [-0.25, -0.2) is 0 Å². The molecule has 0 aliphatic carbocycles. The molecule has 0 aromatic carbocycles. The van der Waals surface area contributed by atoms with Gasteiger partial charge in [0.05, 0.1) is 6.54 Å². The van der Waals surface area contributed by atoms with Gasteiger partial charge in [0.15, 0.2) is 0 Å². The Morgan fingerprint density at radius 1 is 1.41 bits per heavy atom. The van der Waals surface area contributed by atoms with Gasteiger partial charge in [-0.1, -0.05) is 6.92 Å². The van der Waals surface area contributed by atoms with Crippen molar-refractivity contribution < 1.29 is 9.59 Å². The molecule has 1 saturated heterocycles. The van der Waals surface area contributed by atoms with Crippen molar-refractivity contribution >= 4 is 39.1 Å². The van der Waals surface area contributed by atoms with Gasteiger partial charge in [-0.05, 0) is 41.3 Å². The predicted molar refractivity (Wildman–Crippen MR) is 92.7 cm³/mol. The Kier molecular flexibility index (Phi) is 6.44. The van der Waals surface area contributed by atoms with E-state index in [0.29, 0.717) is 26.1 Å². The molecule has 4 nitrogen and oxygen atoms in total. The van der Waals surface area contributed by atoms with Crippen LogP contribution in [0.15, 0.2) is 15.9 Å². The molecule has 0 radical (unpaired) electrons. The van der Waals surface area contributed by atoms with Gasteiger partial charge in [0.2, 0.25) is 11.8 Å². The molecule has 0 unspecified atom stereocenters. The van der Waals surface area contributed by atoms with Crippen LogP contribution < -0.4 is 0 Å². The SMILES string of the molecule is CCCC(=O)N1CCC(C(=O)N(C)Cc2cc(Br)cs2)CC1. The third-order valence-electron chi connectivity index (χ3n) is 4.05. The van der Waals surface area contributed by atoms with E-state index in [-0.39, 0.29) is 17.7 Å². The zero-order valence-corrected chi connectivity index (χ0v) is 15.6. The molecule has 0 bridgehead atoms. The van der Waals surface area contributed by atoms with Crippen molar-refractivity contribution in [3.05, 3.63) is 20.8 Å². The molecule has 6 heteroatoms. The summed E-state index contributed by atoms with van der Waals surface area (Å²) in [7, 11) is 1.87. The lowest BCUT2D eigenvalue weighted by atomic mass is 9.95. The highest BCUT2D eigenvalue weighted by Gasteiger charge is 2.28. The molecule has 2 amide bonds. The molecule has 1 aromatic heterocycles. The first-order valence-electron chi connectivity index (χ1n) is 7.77. The molecule has 1 fully saturated rings. The maximum Gasteiger partial charge on any atom is 0.225 e. The van der Waals surface area contributed by atoms with E-state index in [1.807, 2.05) is 29.2 Å². The van der Waals surface area contributed by atoms with Gasteiger partial charge in [0, 0.05) is 47.2 Å². The molecular formula is C16H23BrN2O2S. The van der Waals surface area contributed by atoms with E-state index in [0.717, 1.165) is 23.7 Å². The van der Waals surface area contributed by atoms with Gasteiger partial charge >= 0.3 is 0 Å². The van der Waals surface area contributed by atoms with E-state index in [9.17, 15) is 9.59 Å². The van der Waals surface area contributed by atoms with Crippen molar-refractivity contribution in [1.29, 1.82) is 0 Å². The number of thiophene rings is 1. The van der Waals surface area contributed by atoms with Crippen molar-refractivity contribution in [3.8, 4) is 0 Å². The topological polar surface area (TPSA) is 40.6 Å². The summed E-state index contributed by atoms with van der Waals surface area (Å²) in [4.78, 5) is 29.3. The number of hydrogen-bond donors (Lipinski definition) is 0. The van der Waals surface area contributed by atoms with Gasteiger partial charge in [-0.3, -0.25) is 9.59 Å². The second-order valence-corrected chi connectivity index (χ2v) is 7.74. The Labute approximate surface area is 144 Å². The van der Waals surface area contributed by atoms with Crippen LogP contribution in [-0.4, -0.2) is 41.8 Å². The fraction of sp³-hybridized carbons (Fsp3) is 0.625. The van der Waals surface area contributed by atoms with E-state index in [1.165, 1.54) is 4.88 Å². The Morgan fingerprint density at radius 2 is 2.09 bits per heavy atom. The predicted octanol–water partition coefficient (Wildman–Crippen LogP) is 3.51. The van der Waals surface area contributed by atoms with E-state index in [2.05, 4.69) is 22.0 Å². The maximum atomic E-state index is 12.5. The third kappa shape index (κ3) is 4.56. The molecule has 0 atom stereocenters. The molecule has 2 heterocycles. The van der Waals surface area contributed by atoms with E-state index >= 15 is 0 Å². The van der Waals surface area contributed by atoms with Gasteiger partial charge in [0.25, 0.3) is 0 Å². The summed E-state index contributed by atoms with van der Waals surface area (Å²) < 4.78 is 1.07. The number of hydrogen-bond acceptors (Lipinski definition) is 3. The molecule has 122 valence electrons. The van der Waals surface area contributed by atoms with Crippen LogP contribution >= 0.6 is 27.3 Å². The largest absolute Gasteiger partial charge is 0.343 e. The van der Waals surface area contributed by atoms with Crippen LogP contribution in [0.25, 0.3) is 0 Å². The summed E-state index contributed by atoms with van der Waals surface area (Å²) in [5.41, 5.74) is 0. The first-order valence-corrected chi connectivity index (χ1v) is 9.44. The number of rotatable bonds is 5. The number of carbonyl (C=O) groups is 2. The fourth-order valence-corrected chi connectivity index (χ4v) is 4.31. The molecular weight excluding hydrogens is 364 g/mol. The number of carbonyl (C=O) groups excluding carboxylic acids is 2. The smallest absolute Gasteiger partial charge is 0.225 e. The van der Waals surface area contributed by atoms with Crippen LogP contribution in [0, 0.1) is 5.92 Å². The molecule has 1 aliphatic rings. The minimum atomic E-state index is 0.0547. The van der Waals surface area contributed by atoms with Crippen LogP contribution in [0.2, 0.25) is 0 Å². The Bertz CT molecular complexity index is 524. The van der Waals surface area contributed by atoms with Crippen LogP contribution in [0.3, 0.4) is 0 Å². The molecule has 1 aromatic rings. The molecule has 2 rings (SSSR count). The van der Waals surface area contributed by atoms with Crippen LogP contribution in [0.1, 0.15) is 37.5 Å². The standard InChI is InChI=1S/C16H23BrN2O2S/c1-3-4-15(20)19-7-5-12(6-8-19)16(21)18(2)10-14-9-13(17)11-22-14/h9,11-12H,3-8,10H2,1-2H3. The maximum absolute atomic E-state index is 12.5. The highest BCUT2D eigenvalue weighted by Crippen LogP contribution is 2.24. The first kappa shape index (κ1) is 17.5. The lowest BCUT2D eigenvalue weighted by Gasteiger charge is -2.33. The molecule has 0 spiro atoms. The highest BCUT2D eigenvalue weighted by molar-refractivity contribution is 9.10. The van der Waals surface area contributed by atoms with Crippen molar-refractivity contribution in [3.63, 3.8) is 0 Å². The average Bonchev–Trinajstić information content (AvgIpc) is 2.92. The zero-order valence-electron chi connectivity index (χ0n) is 13.2. The van der Waals surface area contributed by atoms with Crippen LogP contribution in [0.4, 0.5) is 0 Å². The van der Waals surface area contributed by atoms with Crippen LogP contribution in [0.5, 0.6) is 0 Å². The first-order chi connectivity index (χ1) is 10.5. The van der Waals surface area contributed by atoms with E-state index < -0.39 is 0 Å². The second-order valence-electron chi connectivity index (χ2n) is 5.83. The number of piperidine rings is 1. The van der Waals surface area contributed by atoms with Crippen molar-refractivity contribution in [2.75, 3.05) is 20.1 Å². The third-order valence-corrected chi connectivity index (χ3v) is 5.73.